The molecule has 0 bridgehead atoms. The molecule has 2 nitrogen and oxygen atoms in total. The van der Waals surface area contributed by atoms with E-state index in [4.69, 9.17) is 0 Å². The summed E-state index contributed by atoms with van der Waals surface area (Å²) in [4.78, 5) is 15.8. The zero-order valence-electron chi connectivity index (χ0n) is 9.31. The molecule has 1 aromatic heterocycles. The van der Waals surface area contributed by atoms with E-state index in [0.29, 0.717) is 5.56 Å². The zero-order valence-corrected chi connectivity index (χ0v) is 10.9. The molecular weight excluding hydrogens is 297 g/mol. The first-order valence-electron chi connectivity index (χ1n) is 5.24. The number of rotatable bonds is 3. The third kappa shape index (κ3) is 3.34. The summed E-state index contributed by atoms with van der Waals surface area (Å²) < 4.78 is 13.5. The summed E-state index contributed by atoms with van der Waals surface area (Å²) >= 11 is 3.30. The standard InChI is InChI=1S/C14H9BrFNO/c15-12-7-10(8-17-9-12)1-6-14(18)11-2-4-13(16)5-3-11/h1-9H. The van der Waals surface area contributed by atoms with Gasteiger partial charge >= 0.3 is 0 Å². The van der Waals surface area contributed by atoms with Crippen LogP contribution in [0, 0.1) is 5.82 Å². The number of aromatic nitrogens is 1. The van der Waals surface area contributed by atoms with E-state index in [9.17, 15) is 9.18 Å². The van der Waals surface area contributed by atoms with Gasteiger partial charge in [0.1, 0.15) is 5.82 Å². The van der Waals surface area contributed by atoms with Crippen LogP contribution in [0.1, 0.15) is 15.9 Å². The molecule has 1 heterocycles. The molecule has 0 aliphatic heterocycles. The summed E-state index contributed by atoms with van der Waals surface area (Å²) in [5.74, 6) is -0.526. The number of hydrogen-bond acceptors (Lipinski definition) is 2. The third-order valence-corrected chi connectivity index (χ3v) is 2.72. The van der Waals surface area contributed by atoms with Gasteiger partial charge in [-0.15, -0.1) is 0 Å². The van der Waals surface area contributed by atoms with Crippen LogP contribution < -0.4 is 0 Å². The molecule has 4 heteroatoms. The van der Waals surface area contributed by atoms with Gasteiger partial charge in [-0.1, -0.05) is 0 Å². The second kappa shape index (κ2) is 5.69. The number of hydrogen-bond donors (Lipinski definition) is 0. The van der Waals surface area contributed by atoms with Gasteiger partial charge in [0.25, 0.3) is 0 Å². The topological polar surface area (TPSA) is 30.0 Å². The van der Waals surface area contributed by atoms with Crippen LogP contribution in [0.4, 0.5) is 4.39 Å². The average molecular weight is 306 g/mol. The van der Waals surface area contributed by atoms with Crippen LogP contribution >= 0.6 is 15.9 Å². The van der Waals surface area contributed by atoms with E-state index in [-0.39, 0.29) is 11.6 Å². The van der Waals surface area contributed by atoms with Gasteiger partial charge in [0.2, 0.25) is 0 Å². The molecule has 0 saturated heterocycles. The Kier molecular flexibility index (Phi) is 3.99. The van der Waals surface area contributed by atoms with Crippen molar-refractivity contribution in [2.75, 3.05) is 0 Å². The maximum atomic E-state index is 12.7. The molecule has 0 aliphatic rings. The monoisotopic (exact) mass is 305 g/mol. The van der Waals surface area contributed by atoms with Gasteiger partial charge in [-0.25, -0.2) is 4.39 Å². The smallest absolute Gasteiger partial charge is 0.185 e. The molecule has 0 amide bonds. The Morgan fingerprint density at radius 2 is 1.94 bits per heavy atom. The summed E-state index contributed by atoms with van der Waals surface area (Å²) in [7, 11) is 0. The van der Waals surface area contributed by atoms with E-state index in [0.717, 1.165) is 10.0 Å². The Morgan fingerprint density at radius 3 is 2.61 bits per heavy atom. The molecule has 0 spiro atoms. The highest BCUT2D eigenvalue weighted by Crippen LogP contribution is 2.11. The number of benzene rings is 1. The number of allylic oxidation sites excluding steroid dienone is 1. The van der Waals surface area contributed by atoms with Gasteiger partial charge in [0, 0.05) is 22.4 Å². The fourth-order valence-corrected chi connectivity index (χ4v) is 1.78. The molecule has 0 unspecified atom stereocenters. The summed E-state index contributed by atoms with van der Waals surface area (Å²) in [5, 5.41) is 0. The lowest BCUT2D eigenvalue weighted by Gasteiger charge is -1.96. The predicted molar refractivity (Wildman–Crippen MR) is 71.7 cm³/mol. The molecule has 0 radical (unpaired) electrons. The van der Waals surface area contributed by atoms with Crippen LogP contribution in [0.3, 0.4) is 0 Å². The second-order valence-electron chi connectivity index (χ2n) is 3.64. The van der Waals surface area contributed by atoms with Crippen molar-refractivity contribution in [2.45, 2.75) is 0 Å². The summed E-state index contributed by atoms with van der Waals surface area (Å²) in [6, 6.07) is 7.30. The molecule has 1 aromatic carbocycles. The zero-order chi connectivity index (χ0) is 13.0. The fraction of sp³-hybridized carbons (Fsp3) is 0. The van der Waals surface area contributed by atoms with Crippen LogP contribution in [0.25, 0.3) is 6.08 Å². The molecule has 2 aromatic rings. The number of halogens is 2. The van der Waals surface area contributed by atoms with E-state index in [1.54, 1.807) is 18.5 Å². The van der Waals surface area contributed by atoms with Gasteiger partial charge in [-0.05, 0) is 64.0 Å². The van der Waals surface area contributed by atoms with E-state index in [1.165, 1.54) is 30.3 Å². The van der Waals surface area contributed by atoms with Gasteiger partial charge < -0.3 is 0 Å². The molecule has 18 heavy (non-hydrogen) atoms. The number of nitrogens with zero attached hydrogens (tertiary/aromatic N) is 1. The molecule has 2 rings (SSSR count). The lowest BCUT2D eigenvalue weighted by molar-refractivity contribution is 0.104. The van der Waals surface area contributed by atoms with Crippen molar-refractivity contribution in [1.82, 2.24) is 4.98 Å². The molecule has 0 saturated carbocycles. The van der Waals surface area contributed by atoms with Crippen molar-refractivity contribution in [3.8, 4) is 0 Å². The second-order valence-corrected chi connectivity index (χ2v) is 4.56. The average Bonchev–Trinajstić information content (AvgIpc) is 2.37. The minimum atomic E-state index is -0.355. The van der Waals surface area contributed by atoms with Crippen molar-refractivity contribution in [3.63, 3.8) is 0 Å². The van der Waals surface area contributed by atoms with Crippen LogP contribution in [0.5, 0.6) is 0 Å². The van der Waals surface area contributed by atoms with Crippen LogP contribution in [0.15, 0.2) is 53.3 Å². The summed E-state index contributed by atoms with van der Waals surface area (Å²) in [6.07, 6.45) is 6.43. The van der Waals surface area contributed by atoms with Crippen molar-refractivity contribution in [1.29, 1.82) is 0 Å². The molecule has 90 valence electrons. The maximum absolute atomic E-state index is 12.7. The van der Waals surface area contributed by atoms with Crippen molar-refractivity contribution < 1.29 is 9.18 Å². The van der Waals surface area contributed by atoms with E-state index in [2.05, 4.69) is 20.9 Å². The minimum absolute atomic E-state index is 0.171. The van der Waals surface area contributed by atoms with E-state index >= 15 is 0 Å². The highest BCUT2D eigenvalue weighted by Gasteiger charge is 2.01. The largest absolute Gasteiger partial charge is 0.289 e. The SMILES string of the molecule is O=C(C=Cc1cncc(Br)c1)c1ccc(F)cc1. The number of pyridine rings is 1. The van der Waals surface area contributed by atoms with Gasteiger partial charge in [0.15, 0.2) is 5.78 Å². The molecule has 0 atom stereocenters. The first-order chi connectivity index (χ1) is 8.65. The van der Waals surface area contributed by atoms with Gasteiger partial charge in [-0.3, -0.25) is 9.78 Å². The van der Waals surface area contributed by atoms with Crippen molar-refractivity contribution >= 4 is 27.8 Å². The molecule has 0 aliphatic carbocycles. The Balaban J connectivity index is 2.14. The van der Waals surface area contributed by atoms with Crippen molar-refractivity contribution in [2.24, 2.45) is 0 Å². The minimum Gasteiger partial charge on any atom is -0.289 e. The fourth-order valence-electron chi connectivity index (χ4n) is 1.40. The maximum Gasteiger partial charge on any atom is 0.185 e. The normalized spacial score (nSPS) is 10.8. The van der Waals surface area contributed by atoms with Crippen LogP contribution in [-0.4, -0.2) is 10.8 Å². The van der Waals surface area contributed by atoms with Crippen LogP contribution in [-0.2, 0) is 0 Å². The van der Waals surface area contributed by atoms with Gasteiger partial charge in [-0.2, -0.15) is 0 Å². The number of ketones is 1. The summed E-state index contributed by atoms with van der Waals surface area (Å²) in [5.41, 5.74) is 1.27. The van der Waals surface area contributed by atoms with Crippen molar-refractivity contribution in [3.05, 3.63) is 70.2 Å². The molecule has 0 fully saturated rings. The predicted octanol–water partition coefficient (Wildman–Crippen LogP) is 3.88. The first-order valence-corrected chi connectivity index (χ1v) is 6.03. The number of carbonyl (C=O) groups excluding carboxylic acids is 1. The Morgan fingerprint density at radius 1 is 1.22 bits per heavy atom. The Hall–Kier alpha value is -1.81. The first kappa shape index (κ1) is 12.6. The van der Waals surface area contributed by atoms with E-state index in [1.807, 2.05) is 6.07 Å². The molecular formula is C14H9BrFNO. The highest BCUT2D eigenvalue weighted by atomic mass is 79.9. The third-order valence-electron chi connectivity index (χ3n) is 2.28. The number of carbonyl (C=O) groups is 1. The van der Waals surface area contributed by atoms with E-state index < -0.39 is 0 Å². The lowest BCUT2D eigenvalue weighted by atomic mass is 10.1. The molecule has 0 N–H and O–H groups in total. The highest BCUT2D eigenvalue weighted by molar-refractivity contribution is 9.10. The summed E-state index contributed by atoms with van der Waals surface area (Å²) in [6.45, 7) is 0. The quantitative estimate of drug-likeness (QED) is 0.636. The van der Waals surface area contributed by atoms with Crippen LogP contribution in [0.2, 0.25) is 0 Å². The Bertz CT molecular complexity index is 593. The lowest BCUT2D eigenvalue weighted by Crippen LogP contribution is -1.93. The Labute approximate surface area is 112 Å². The van der Waals surface area contributed by atoms with Gasteiger partial charge in [0.05, 0.1) is 0 Å².